The Balaban J connectivity index is 1.96. The van der Waals surface area contributed by atoms with E-state index in [1.807, 2.05) is 18.2 Å². The van der Waals surface area contributed by atoms with E-state index in [-0.39, 0.29) is 6.10 Å². The van der Waals surface area contributed by atoms with Crippen molar-refractivity contribution in [2.75, 3.05) is 19.6 Å². The van der Waals surface area contributed by atoms with Gasteiger partial charge in [0.05, 0.1) is 30.8 Å². The van der Waals surface area contributed by atoms with E-state index in [2.05, 4.69) is 4.57 Å². The molecule has 0 bridgehead atoms. The summed E-state index contributed by atoms with van der Waals surface area (Å²) >= 11 is 5.93. The molecule has 4 nitrogen and oxygen atoms in total. The second-order valence-corrected chi connectivity index (χ2v) is 5.80. The van der Waals surface area contributed by atoms with Crippen LogP contribution >= 0.6 is 11.6 Å². The van der Waals surface area contributed by atoms with Crippen LogP contribution in [-0.4, -0.2) is 35.3 Å². The zero-order valence-corrected chi connectivity index (χ0v) is 13.1. The third kappa shape index (κ3) is 3.16. The number of ether oxygens (including phenoxy) is 2. The van der Waals surface area contributed by atoms with E-state index in [9.17, 15) is 0 Å². The third-order valence-corrected chi connectivity index (χ3v) is 4.20. The Morgan fingerprint density at radius 2 is 2.33 bits per heavy atom. The fraction of sp³-hybridized carbons (Fsp3) is 0.562. The maximum Gasteiger partial charge on any atom is 0.121 e. The van der Waals surface area contributed by atoms with Crippen LogP contribution < -0.4 is 4.74 Å². The van der Waals surface area contributed by atoms with Gasteiger partial charge in [-0.3, -0.25) is 0 Å². The lowest BCUT2D eigenvalue weighted by molar-refractivity contribution is 0.00621. The van der Waals surface area contributed by atoms with E-state index in [0.717, 1.165) is 48.6 Å². The van der Waals surface area contributed by atoms with E-state index in [0.29, 0.717) is 5.88 Å². The Morgan fingerprint density at radius 1 is 1.43 bits per heavy atom. The fourth-order valence-electron chi connectivity index (χ4n) is 2.91. The number of aryl methyl sites for hydroxylation is 1. The molecule has 0 aliphatic carbocycles. The minimum Gasteiger partial charge on any atom is -0.497 e. The Kier molecular flexibility index (Phi) is 4.66. The van der Waals surface area contributed by atoms with Gasteiger partial charge >= 0.3 is 0 Å². The van der Waals surface area contributed by atoms with Crippen molar-refractivity contribution in [3.05, 3.63) is 24.0 Å². The first-order chi connectivity index (χ1) is 10.3. The quantitative estimate of drug-likeness (QED) is 0.794. The molecule has 0 radical (unpaired) electrons. The van der Waals surface area contributed by atoms with Crippen molar-refractivity contribution in [2.24, 2.45) is 0 Å². The number of rotatable bonds is 5. The number of hydrogen-bond acceptors (Lipinski definition) is 3. The SMILES string of the molecule is COc1ccc2nc(CCCl)n(CC3CCCCO3)c2c1. The van der Waals surface area contributed by atoms with Crippen molar-refractivity contribution in [3.8, 4) is 5.75 Å². The lowest BCUT2D eigenvalue weighted by atomic mass is 10.1. The summed E-state index contributed by atoms with van der Waals surface area (Å²) in [6.07, 6.45) is 4.57. The number of benzene rings is 1. The minimum absolute atomic E-state index is 0.274. The third-order valence-electron chi connectivity index (χ3n) is 4.01. The van der Waals surface area contributed by atoms with E-state index in [4.69, 9.17) is 26.1 Å². The van der Waals surface area contributed by atoms with Crippen molar-refractivity contribution in [2.45, 2.75) is 38.3 Å². The average molecular weight is 309 g/mol. The summed E-state index contributed by atoms with van der Waals surface area (Å²) in [5, 5.41) is 0. The highest BCUT2D eigenvalue weighted by molar-refractivity contribution is 6.17. The van der Waals surface area contributed by atoms with Gasteiger partial charge in [0.2, 0.25) is 0 Å². The number of halogens is 1. The van der Waals surface area contributed by atoms with Gasteiger partial charge in [0, 0.05) is 25.0 Å². The Labute approximate surface area is 130 Å². The number of imidazole rings is 1. The van der Waals surface area contributed by atoms with Gasteiger partial charge in [0.25, 0.3) is 0 Å². The molecule has 1 aliphatic heterocycles. The van der Waals surface area contributed by atoms with Crippen molar-refractivity contribution in [1.29, 1.82) is 0 Å². The van der Waals surface area contributed by atoms with Crippen molar-refractivity contribution in [3.63, 3.8) is 0 Å². The molecule has 1 fully saturated rings. The maximum absolute atomic E-state index is 5.93. The lowest BCUT2D eigenvalue weighted by Gasteiger charge is -2.24. The van der Waals surface area contributed by atoms with Gasteiger partial charge in [-0.2, -0.15) is 0 Å². The summed E-state index contributed by atoms with van der Waals surface area (Å²) in [4.78, 5) is 4.71. The zero-order valence-electron chi connectivity index (χ0n) is 12.3. The Bertz CT molecular complexity index is 606. The molecule has 1 unspecified atom stereocenters. The highest BCUT2D eigenvalue weighted by Crippen LogP contribution is 2.24. The number of alkyl halides is 1. The molecule has 21 heavy (non-hydrogen) atoms. The second-order valence-electron chi connectivity index (χ2n) is 5.42. The van der Waals surface area contributed by atoms with Gasteiger partial charge in [-0.15, -0.1) is 11.6 Å². The van der Waals surface area contributed by atoms with Gasteiger partial charge in [-0.05, 0) is 31.4 Å². The molecule has 0 N–H and O–H groups in total. The molecular formula is C16H21ClN2O2. The van der Waals surface area contributed by atoms with Crippen molar-refractivity contribution < 1.29 is 9.47 Å². The van der Waals surface area contributed by atoms with Crippen LogP contribution in [0.3, 0.4) is 0 Å². The first kappa shape index (κ1) is 14.7. The summed E-state index contributed by atoms with van der Waals surface area (Å²) in [7, 11) is 1.69. The molecule has 2 heterocycles. The summed E-state index contributed by atoms with van der Waals surface area (Å²) in [5.74, 6) is 2.46. The van der Waals surface area contributed by atoms with Crippen LogP contribution in [0.15, 0.2) is 18.2 Å². The number of aromatic nitrogens is 2. The number of methoxy groups -OCH3 is 1. The average Bonchev–Trinajstić information content (AvgIpc) is 2.86. The second kappa shape index (κ2) is 6.67. The largest absolute Gasteiger partial charge is 0.497 e. The van der Waals surface area contributed by atoms with E-state index >= 15 is 0 Å². The first-order valence-corrected chi connectivity index (χ1v) is 8.06. The molecule has 1 aliphatic rings. The van der Waals surface area contributed by atoms with Crippen molar-refractivity contribution in [1.82, 2.24) is 9.55 Å². The molecule has 1 aromatic carbocycles. The number of hydrogen-bond donors (Lipinski definition) is 0. The van der Waals surface area contributed by atoms with Gasteiger partial charge in [-0.25, -0.2) is 4.98 Å². The van der Waals surface area contributed by atoms with E-state index in [1.165, 1.54) is 12.8 Å². The summed E-state index contributed by atoms with van der Waals surface area (Å²) in [5.41, 5.74) is 2.09. The monoisotopic (exact) mass is 308 g/mol. The van der Waals surface area contributed by atoms with Gasteiger partial charge in [0.1, 0.15) is 11.6 Å². The molecule has 1 atom stereocenters. The van der Waals surface area contributed by atoms with Crippen LogP contribution in [0.1, 0.15) is 25.1 Å². The molecule has 2 aromatic rings. The molecule has 114 valence electrons. The molecule has 1 aromatic heterocycles. The lowest BCUT2D eigenvalue weighted by Crippen LogP contribution is -2.25. The van der Waals surface area contributed by atoms with Crippen LogP contribution in [-0.2, 0) is 17.7 Å². The molecule has 3 rings (SSSR count). The first-order valence-electron chi connectivity index (χ1n) is 7.52. The zero-order chi connectivity index (χ0) is 14.7. The molecule has 0 saturated carbocycles. The smallest absolute Gasteiger partial charge is 0.121 e. The van der Waals surface area contributed by atoms with Crippen LogP contribution in [0.2, 0.25) is 0 Å². The highest BCUT2D eigenvalue weighted by atomic mass is 35.5. The highest BCUT2D eigenvalue weighted by Gasteiger charge is 2.18. The summed E-state index contributed by atoms with van der Waals surface area (Å²) in [6.45, 7) is 1.71. The Morgan fingerprint density at radius 3 is 3.05 bits per heavy atom. The van der Waals surface area contributed by atoms with Gasteiger partial charge in [0.15, 0.2) is 0 Å². The predicted molar refractivity (Wildman–Crippen MR) is 84.3 cm³/mol. The van der Waals surface area contributed by atoms with Crippen LogP contribution in [0.25, 0.3) is 11.0 Å². The topological polar surface area (TPSA) is 36.3 Å². The molecular weight excluding hydrogens is 288 g/mol. The molecule has 0 spiro atoms. The maximum atomic E-state index is 5.93. The summed E-state index contributed by atoms with van der Waals surface area (Å²) in [6, 6.07) is 5.99. The summed E-state index contributed by atoms with van der Waals surface area (Å²) < 4.78 is 13.5. The van der Waals surface area contributed by atoms with Gasteiger partial charge < -0.3 is 14.0 Å². The fourth-order valence-corrected chi connectivity index (χ4v) is 3.08. The predicted octanol–water partition coefficient (Wildman–Crippen LogP) is 3.40. The number of fused-ring (bicyclic) bond motifs is 1. The van der Waals surface area contributed by atoms with Crippen LogP contribution in [0.5, 0.6) is 5.75 Å². The Hall–Kier alpha value is -1.26. The van der Waals surface area contributed by atoms with E-state index in [1.54, 1.807) is 7.11 Å². The van der Waals surface area contributed by atoms with Crippen LogP contribution in [0, 0.1) is 0 Å². The standard InChI is InChI=1S/C16H21ClN2O2/c1-20-12-5-6-14-15(10-12)19(16(18-14)7-8-17)11-13-4-2-3-9-21-13/h5-6,10,13H,2-4,7-9,11H2,1H3. The normalized spacial score (nSPS) is 19.0. The molecule has 1 saturated heterocycles. The minimum atomic E-state index is 0.274. The van der Waals surface area contributed by atoms with Gasteiger partial charge in [-0.1, -0.05) is 0 Å². The van der Waals surface area contributed by atoms with E-state index < -0.39 is 0 Å². The number of nitrogens with zero attached hydrogens (tertiary/aromatic N) is 2. The van der Waals surface area contributed by atoms with Crippen molar-refractivity contribution >= 4 is 22.6 Å². The molecule has 0 amide bonds. The molecule has 5 heteroatoms. The van der Waals surface area contributed by atoms with Crippen LogP contribution in [0.4, 0.5) is 0 Å².